The van der Waals surface area contributed by atoms with Crippen molar-refractivity contribution in [2.24, 2.45) is 0 Å². The molecule has 2 rings (SSSR count). The van der Waals surface area contributed by atoms with Crippen LogP contribution in [0, 0.1) is 12.7 Å². The summed E-state index contributed by atoms with van der Waals surface area (Å²) in [6.45, 7) is 1.33. The van der Waals surface area contributed by atoms with Crippen molar-refractivity contribution in [2.75, 3.05) is 5.32 Å². The minimum absolute atomic E-state index is 0.0464. The molecule has 7 nitrogen and oxygen atoms in total. The molecule has 104 valence electrons. The average molecular weight is 278 g/mol. The number of carbonyl (C=O) groups excluding carboxylic acids is 1. The molecule has 2 N–H and O–H groups in total. The van der Waals surface area contributed by atoms with Gasteiger partial charge in [0.05, 0.1) is 6.20 Å². The molecular formula is C12H11FN4O3. The largest absolute Gasteiger partial charge is 0.480 e. The van der Waals surface area contributed by atoms with Crippen molar-refractivity contribution in [3.05, 3.63) is 41.5 Å². The number of hydrogen-bond donors (Lipinski definition) is 2. The number of amides is 1. The minimum atomic E-state index is -1.09. The first kappa shape index (κ1) is 13.7. The quantitative estimate of drug-likeness (QED) is 0.871. The monoisotopic (exact) mass is 278 g/mol. The van der Waals surface area contributed by atoms with E-state index in [0.29, 0.717) is 11.3 Å². The number of nitrogens with zero attached hydrogens (tertiary/aromatic N) is 3. The second-order valence-corrected chi connectivity index (χ2v) is 4.11. The summed E-state index contributed by atoms with van der Waals surface area (Å²) in [6, 6.07) is 4.01. The Labute approximate surface area is 113 Å². The molecule has 2 aromatic rings. The Morgan fingerprint density at radius 1 is 1.45 bits per heavy atom. The number of aromatic nitrogens is 3. The lowest BCUT2D eigenvalue weighted by Crippen LogP contribution is -2.13. The molecule has 0 radical (unpaired) electrons. The van der Waals surface area contributed by atoms with Gasteiger partial charge in [-0.2, -0.15) is 0 Å². The standard InChI is InChI=1S/C12H11FN4O3/c1-7-2-3-8(13)4-9(7)14-12(20)10-5-17(16-15-10)6-11(18)19/h2-5H,6H2,1H3,(H,14,20)(H,18,19). The highest BCUT2D eigenvalue weighted by Crippen LogP contribution is 2.16. The van der Waals surface area contributed by atoms with Crippen LogP contribution in [0.5, 0.6) is 0 Å². The molecule has 0 atom stereocenters. The van der Waals surface area contributed by atoms with Crippen LogP contribution in [-0.2, 0) is 11.3 Å². The van der Waals surface area contributed by atoms with Crippen LogP contribution in [0.1, 0.15) is 16.1 Å². The number of anilines is 1. The summed E-state index contributed by atoms with van der Waals surface area (Å²) < 4.78 is 14.1. The maximum atomic E-state index is 13.1. The first-order valence-electron chi connectivity index (χ1n) is 5.65. The third-order valence-corrected chi connectivity index (χ3v) is 2.52. The molecule has 0 aliphatic carbocycles. The summed E-state index contributed by atoms with van der Waals surface area (Å²) in [5, 5.41) is 18.1. The van der Waals surface area contributed by atoms with Crippen LogP contribution in [0.15, 0.2) is 24.4 Å². The lowest BCUT2D eigenvalue weighted by Gasteiger charge is -2.06. The molecule has 0 spiro atoms. The van der Waals surface area contributed by atoms with E-state index in [9.17, 15) is 14.0 Å². The SMILES string of the molecule is Cc1ccc(F)cc1NC(=O)c1cn(CC(=O)O)nn1. The van der Waals surface area contributed by atoms with E-state index in [4.69, 9.17) is 5.11 Å². The van der Waals surface area contributed by atoms with Crippen LogP contribution in [0.4, 0.5) is 10.1 Å². The molecule has 0 bridgehead atoms. The Hall–Kier alpha value is -2.77. The van der Waals surface area contributed by atoms with Gasteiger partial charge in [-0.25, -0.2) is 9.07 Å². The third-order valence-electron chi connectivity index (χ3n) is 2.52. The molecule has 0 saturated heterocycles. The van der Waals surface area contributed by atoms with E-state index >= 15 is 0 Å². The van der Waals surface area contributed by atoms with Gasteiger partial charge in [-0.3, -0.25) is 9.59 Å². The third kappa shape index (κ3) is 3.16. The maximum absolute atomic E-state index is 13.1. The Balaban J connectivity index is 2.13. The van der Waals surface area contributed by atoms with Gasteiger partial charge in [0.15, 0.2) is 5.69 Å². The van der Waals surface area contributed by atoms with Gasteiger partial charge in [-0.1, -0.05) is 11.3 Å². The number of benzene rings is 1. The minimum Gasteiger partial charge on any atom is -0.480 e. The number of carbonyl (C=O) groups is 2. The van der Waals surface area contributed by atoms with Gasteiger partial charge in [0.2, 0.25) is 0 Å². The lowest BCUT2D eigenvalue weighted by atomic mass is 10.2. The van der Waals surface area contributed by atoms with E-state index in [1.165, 1.54) is 24.4 Å². The molecule has 0 aliphatic heterocycles. The van der Waals surface area contributed by atoms with E-state index in [-0.39, 0.29) is 12.2 Å². The zero-order valence-corrected chi connectivity index (χ0v) is 10.5. The van der Waals surface area contributed by atoms with Gasteiger partial charge in [-0.05, 0) is 24.6 Å². The number of aliphatic carboxylic acids is 1. The molecule has 8 heteroatoms. The van der Waals surface area contributed by atoms with Crippen LogP contribution in [0.3, 0.4) is 0 Å². The Bertz CT molecular complexity index is 668. The summed E-state index contributed by atoms with van der Waals surface area (Å²) in [6.07, 6.45) is 1.21. The van der Waals surface area contributed by atoms with Gasteiger partial charge < -0.3 is 10.4 Å². The second-order valence-electron chi connectivity index (χ2n) is 4.11. The van der Waals surface area contributed by atoms with E-state index < -0.39 is 17.7 Å². The molecule has 0 saturated carbocycles. The number of carboxylic acids is 1. The van der Waals surface area contributed by atoms with E-state index in [1.54, 1.807) is 6.92 Å². The smallest absolute Gasteiger partial charge is 0.325 e. The Morgan fingerprint density at radius 3 is 2.90 bits per heavy atom. The Kier molecular flexibility index (Phi) is 3.74. The van der Waals surface area contributed by atoms with Gasteiger partial charge in [0.1, 0.15) is 12.4 Å². The number of nitrogens with one attached hydrogen (secondary N) is 1. The van der Waals surface area contributed by atoms with Crippen molar-refractivity contribution >= 4 is 17.6 Å². The molecule has 0 fully saturated rings. The van der Waals surface area contributed by atoms with Gasteiger partial charge >= 0.3 is 5.97 Å². The van der Waals surface area contributed by atoms with Crippen molar-refractivity contribution in [2.45, 2.75) is 13.5 Å². The fourth-order valence-corrected chi connectivity index (χ4v) is 1.53. The zero-order chi connectivity index (χ0) is 14.7. The molecule has 20 heavy (non-hydrogen) atoms. The van der Waals surface area contributed by atoms with Crippen LogP contribution in [-0.4, -0.2) is 32.0 Å². The fourth-order valence-electron chi connectivity index (χ4n) is 1.53. The van der Waals surface area contributed by atoms with Crippen molar-refractivity contribution in [1.29, 1.82) is 0 Å². The highest BCUT2D eigenvalue weighted by atomic mass is 19.1. The zero-order valence-electron chi connectivity index (χ0n) is 10.5. The predicted octanol–water partition coefficient (Wildman–Crippen LogP) is 1.06. The fraction of sp³-hybridized carbons (Fsp3) is 0.167. The first-order valence-corrected chi connectivity index (χ1v) is 5.65. The summed E-state index contributed by atoms with van der Waals surface area (Å²) in [5.41, 5.74) is 0.968. The summed E-state index contributed by atoms with van der Waals surface area (Å²) in [5.74, 6) is -2.15. The molecule has 1 amide bonds. The van der Waals surface area contributed by atoms with Crippen LogP contribution < -0.4 is 5.32 Å². The van der Waals surface area contributed by atoms with Crippen LogP contribution in [0.25, 0.3) is 0 Å². The molecular weight excluding hydrogens is 267 g/mol. The first-order chi connectivity index (χ1) is 9.45. The normalized spacial score (nSPS) is 10.3. The average Bonchev–Trinajstić information content (AvgIpc) is 2.81. The molecule has 0 aliphatic rings. The van der Waals surface area contributed by atoms with Gasteiger partial charge in [0, 0.05) is 5.69 Å². The number of aryl methyl sites for hydroxylation is 1. The highest BCUT2D eigenvalue weighted by molar-refractivity contribution is 6.03. The Morgan fingerprint density at radius 2 is 2.20 bits per heavy atom. The van der Waals surface area contributed by atoms with Gasteiger partial charge in [-0.15, -0.1) is 5.10 Å². The number of hydrogen-bond acceptors (Lipinski definition) is 4. The van der Waals surface area contributed by atoms with E-state index in [1.807, 2.05) is 0 Å². The van der Waals surface area contributed by atoms with Crippen molar-refractivity contribution in [3.63, 3.8) is 0 Å². The number of rotatable bonds is 4. The molecule has 1 aromatic carbocycles. The molecule has 1 aromatic heterocycles. The van der Waals surface area contributed by atoms with Crippen LogP contribution >= 0.6 is 0 Å². The van der Waals surface area contributed by atoms with Crippen molar-refractivity contribution in [1.82, 2.24) is 15.0 Å². The van der Waals surface area contributed by atoms with E-state index in [0.717, 1.165) is 4.68 Å². The number of carboxylic acid groups (broad SMARTS) is 1. The van der Waals surface area contributed by atoms with E-state index in [2.05, 4.69) is 15.6 Å². The summed E-state index contributed by atoms with van der Waals surface area (Å²) >= 11 is 0. The second kappa shape index (κ2) is 5.47. The topological polar surface area (TPSA) is 97.1 Å². The van der Waals surface area contributed by atoms with Gasteiger partial charge in [0.25, 0.3) is 5.91 Å². The highest BCUT2D eigenvalue weighted by Gasteiger charge is 2.13. The van der Waals surface area contributed by atoms with Crippen molar-refractivity contribution in [3.8, 4) is 0 Å². The summed E-state index contributed by atoms with van der Waals surface area (Å²) in [7, 11) is 0. The molecule has 0 unspecified atom stereocenters. The number of halogens is 1. The van der Waals surface area contributed by atoms with Crippen molar-refractivity contribution < 1.29 is 19.1 Å². The summed E-state index contributed by atoms with van der Waals surface area (Å²) in [4.78, 5) is 22.4. The lowest BCUT2D eigenvalue weighted by molar-refractivity contribution is -0.137. The predicted molar refractivity (Wildman–Crippen MR) is 66.7 cm³/mol. The van der Waals surface area contributed by atoms with Crippen LogP contribution in [0.2, 0.25) is 0 Å². The molecule has 1 heterocycles. The maximum Gasteiger partial charge on any atom is 0.325 e.